The molecule has 3 aromatic heterocycles. The molecule has 0 saturated carbocycles. The molecule has 6 nitrogen and oxygen atoms in total. The van der Waals surface area contributed by atoms with Gasteiger partial charge in [0.05, 0.1) is 5.69 Å². The molecule has 1 aliphatic heterocycles. The molecule has 0 fully saturated rings. The number of hydrogen-bond donors (Lipinski definition) is 1. The van der Waals surface area contributed by atoms with Crippen molar-refractivity contribution in [2.75, 3.05) is 18.4 Å². The van der Waals surface area contributed by atoms with E-state index in [4.69, 9.17) is 4.52 Å². The quantitative estimate of drug-likeness (QED) is 0.738. The standard InChI is InChI=1S/C20H25N5O/c1-16-11-18(23-26-16)14-24-12-17(13-25-10-4-5-19(25)15-24)7-9-22-20-6-2-3-8-21-20/h2-6,8,10-11,17H,7,9,12-15H2,1H3,(H,21,22)/t17-/m0/s1. The Bertz CT molecular complexity index is 826. The van der Waals surface area contributed by atoms with Crippen LogP contribution in [0.15, 0.2) is 53.3 Å². The van der Waals surface area contributed by atoms with Crippen molar-refractivity contribution in [3.05, 3.63) is 65.9 Å². The van der Waals surface area contributed by atoms with Crippen LogP contribution < -0.4 is 5.32 Å². The predicted octanol–water partition coefficient (Wildman–Crippen LogP) is 3.31. The SMILES string of the molecule is Cc1cc(CN2Cc3cccn3C[C@@H](CCNc3ccccn3)C2)no1. The van der Waals surface area contributed by atoms with E-state index in [0.717, 1.165) is 56.4 Å². The van der Waals surface area contributed by atoms with E-state index in [1.54, 1.807) is 0 Å². The molecule has 3 aromatic rings. The highest BCUT2D eigenvalue weighted by Gasteiger charge is 2.22. The van der Waals surface area contributed by atoms with Gasteiger partial charge < -0.3 is 14.4 Å². The summed E-state index contributed by atoms with van der Waals surface area (Å²) in [6, 6.07) is 12.3. The number of hydrogen-bond acceptors (Lipinski definition) is 5. The zero-order valence-corrected chi connectivity index (χ0v) is 15.1. The average Bonchev–Trinajstić information content (AvgIpc) is 3.21. The fourth-order valence-electron chi connectivity index (χ4n) is 3.66. The van der Waals surface area contributed by atoms with Gasteiger partial charge in [-0.15, -0.1) is 0 Å². The van der Waals surface area contributed by atoms with Gasteiger partial charge in [0, 0.05) is 56.9 Å². The Hall–Kier alpha value is -2.60. The Kier molecular flexibility index (Phi) is 5.02. The number of aromatic nitrogens is 3. The van der Waals surface area contributed by atoms with Gasteiger partial charge in [0.25, 0.3) is 0 Å². The molecule has 0 spiro atoms. The molecule has 0 unspecified atom stereocenters. The normalized spacial score (nSPS) is 17.7. The molecule has 1 N–H and O–H groups in total. The van der Waals surface area contributed by atoms with Crippen LogP contribution in [-0.4, -0.2) is 32.7 Å². The summed E-state index contributed by atoms with van der Waals surface area (Å²) in [6.07, 6.45) is 5.11. The summed E-state index contributed by atoms with van der Waals surface area (Å²) in [5.41, 5.74) is 2.37. The molecule has 0 aromatic carbocycles. The van der Waals surface area contributed by atoms with E-state index in [1.165, 1.54) is 5.69 Å². The number of nitrogens with one attached hydrogen (secondary N) is 1. The highest BCUT2D eigenvalue weighted by Crippen LogP contribution is 2.21. The minimum atomic E-state index is 0.577. The van der Waals surface area contributed by atoms with Crippen molar-refractivity contribution in [3.8, 4) is 0 Å². The molecule has 6 heteroatoms. The Balaban J connectivity index is 1.40. The second kappa shape index (κ2) is 7.74. The Morgan fingerprint density at radius 2 is 2.19 bits per heavy atom. The van der Waals surface area contributed by atoms with E-state index >= 15 is 0 Å². The van der Waals surface area contributed by atoms with Gasteiger partial charge in [-0.3, -0.25) is 4.90 Å². The summed E-state index contributed by atoms with van der Waals surface area (Å²) in [7, 11) is 0. The van der Waals surface area contributed by atoms with Crippen LogP contribution in [-0.2, 0) is 19.6 Å². The lowest BCUT2D eigenvalue weighted by Crippen LogP contribution is -2.28. The third-order valence-electron chi connectivity index (χ3n) is 4.87. The van der Waals surface area contributed by atoms with E-state index in [-0.39, 0.29) is 0 Å². The second-order valence-electron chi connectivity index (χ2n) is 7.05. The van der Waals surface area contributed by atoms with Crippen molar-refractivity contribution in [2.45, 2.75) is 33.0 Å². The summed E-state index contributed by atoms with van der Waals surface area (Å²) in [6.45, 7) is 6.75. The monoisotopic (exact) mass is 351 g/mol. The topological polar surface area (TPSA) is 59.1 Å². The number of pyridine rings is 1. The van der Waals surface area contributed by atoms with Gasteiger partial charge in [0.2, 0.25) is 0 Å². The molecule has 0 amide bonds. The number of fused-ring (bicyclic) bond motifs is 1. The van der Waals surface area contributed by atoms with Gasteiger partial charge in [0.15, 0.2) is 0 Å². The number of rotatable bonds is 6. The molecule has 0 saturated heterocycles. The van der Waals surface area contributed by atoms with E-state index in [0.29, 0.717) is 5.92 Å². The van der Waals surface area contributed by atoms with Crippen LogP contribution in [0.5, 0.6) is 0 Å². The minimum Gasteiger partial charge on any atom is -0.370 e. The van der Waals surface area contributed by atoms with E-state index in [9.17, 15) is 0 Å². The number of nitrogens with zero attached hydrogens (tertiary/aromatic N) is 4. The third-order valence-corrected chi connectivity index (χ3v) is 4.87. The summed E-state index contributed by atoms with van der Waals surface area (Å²) >= 11 is 0. The zero-order chi connectivity index (χ0) is 17.8. The maximum atomic E-state index is 5.23. The van der Waals surface area contributed by atoms with E-state index in [2.05, 4.69) is 43.3 Å². The Morgan fingerprint density at radius 1 is 1.23 bits per heavy atom. The van der Waals surface area contributed by atoms with Crippen LogP contribution >= 0.6 is 0 Å². The third kappa shape index (κ3) is 4.14. The van der Waals surface area contributed by atoms with Crippen LogP contribution in [0.25, 0.3) is 0 Å². The fourth-order valence-corrected chi connectivity index (χ4v) is 3.66. The molecule has 26 heavy (non-hydrogen) atoms. The summed E-state index contributed by atoms with van der Waals surface area (Å²) in [5.74, 6) is 2.39. The van der Waals surface area contributed by atoms with Crippen molar-refractivity contribution in [2.24, 2.45) is 5.92 Å². The molecule has 136 valence electrons. The van der Waals surface area contributed by atoms with Crippen LogP contribution in [0, 0.1) is 12.8 Å². The first-order valence-corrected chi connectivity index (χ1v) is 9.20. The van der Waals surface area contributed by atoms with E-state index in [1.807, 2.05) is 37.4 Å². The summed E-state index contributed by atoms with van der Waals surface area (Å²) < 4.78 is 7.62. The van der Waals surface area contributed by atoms with Crippen molar-refractivity contribution >= 4 is 5.82 Å². The summed E-state index contributed by atoms with van der Waals surface area (Å²) in [4.78, 5) is 6.81. The van der Waals surface area contributed by atoms with Crippen LogP contribution in [0.3, 0.4) is 0 Å². The van der Waals surface area contributed by atoms with Crippen LogP contribution in [0.1, 0.15) is 23.6 Å². The Morgan fingerprint density at radius 3 is 3.00 bits per heavy atom. The summed E-state index contributed by atoms with van der Waals surface area (Å²) in [5, 5.41) is 7.60. The first-order chi connectivity index (χ1) is 12.8. The van der Waals surface area contributed by atoms with Gasteiger partial charge in [-0.25, -0.2) is 4.98 Å². The maximum Gasteiger partial charge on any atom is 0.133 e. The van der Waals surface area contributed by atoms with Crippen molar-refractivity contribution < 1.29 is 4.52 Å². The first kappa shape index (κ1) is 16.8. The van der Waals surface area contributed by atoms with Crippen LogP contribution in [0.4, 0.5) is 5.82 Å². The zero-order valence-electron chi connectivity index (χ0n) is 15.1. The molecule has 0 aliphatic carbocycles. The molecule has 4 rings (SSSR count). The fraction of sp³-hybridized carbons (Fsp3) is 0.400. The van der Waals surface area contributed by atoms with Gasteiger partial charge in [0.1, 0.15) is 11.6 Å². The lowest BCUT2D eigenvalue weighted by molar-refractivity contribution is 0.211. The predicted molar refractivity (Wildman–Crippen MR) is 101 cm³/mol. The number of aryl methyl sites for hydroxylation is 1. The molecule has 0 bridgehead atoms. The van der Waals surface area contributed by atoms with Crippen molar-refractivity contribution in [3.63, 3.8) is 0 Å². The number of anilines is 1. The second-order valence-corrected chi connectivity index (χ2v) is 7.05. The van der Waals surface area contributed by atoms with Crippen molar-refractivity contribution in [1.82, 2.24) is 19.6 Å². The molecule has 0 radical (unpaired) electrons. The molecule has 1 aliphatic rings. The molecule has 1 atom stereocenters. The lowest BCUT2D eigenvalue weighted by atomic mass is 10.0. The molecule has 4 heterocycles. The van der Waals surface area contributed by atoms with Gasteiger partial charge in [-0.2, -0.15) is 0 Å². The highest BCUT2D eigenvalue weighted by atomic mass is 16.5. The first-order valence-electron chi connectivity index (χ1n) is 9.20. The van der Waals surface area contributed by atoms with Gasteiger partial charge >= 0.3 is 0 Å². The Labute approximate surface area is 153 Å². The van der Waals surface area contributed by atoms with E-state index < -0.39 is 0 Å². The van der Waals surface area contributed by atoms with Gasteiger partial charge in [-0.05, 0) is 43.5 Å². The van der Waals surface area contributed by atoms with Gasteiger partial charge in [-0.1, -0.05) is 11.2 Å². The maximum absolute atomic E-state index is 5.23. The van der Waals surface area contributed by atoms with Crippen molar-refractivity contribution in [1.29, 1.82) is 0 Å². The average molecular weight is 351 g/mol. The molecular formula is C20H25N5O. The minimum absolute atomic E-state index is 0.577. The highest BCUT2D eigenvalue weighted by molar-refractivity contribution is 5.32. The van der Waals surface area contributed by atoms with Crippen LogP contribution in [0.2, 0.25) is 0 Å². The largest absolute Gasteiger partial charge is 0.370 e. The molecular weight excluding hydrogens is 326 g/mol. The smallest absolute Gasteiger partial charge is 0.133 e. The lowest BCUT2D eigenvalue weighted by Gasteiger charge is -2.23.